The fraction of sp³-hybridized carbons (Fsp3) is 0.350. The third-order valence-electron chi connectivity index (χ3n) is 4.16. The number of aromatic nitrogens is 3. The summed E-state index contributed by atoms with van der Waals surface area (Å²) in [5.74, 6) is 1.15. The SMILES string of the molecule is CCCn1c(SCC(=O)NCc2ccc(Cl)cc2)nnc1-c1csc(CC)c1. The molecule has 8 heteroatoms. The number of thioether (sulfide) groups is 1. The summed E-state index contributed by atoms with van der Waals surface area (Å²) in [6.07, 6.45) is 1.99. The summed E-state index contributed by atoms with van der Waals surface area (Å²) in [6, 6.07) is 9.63. The fourth-order valence-corrected chi connectivity index (χ4v) is 4.44. The minimum Gasteiger partial charge on any atom is -0.351 e. The molecule has 28 heavy (non-hydrogen) atoms. The molecule has 0 spiro atoms. The third-order valence-corrected chi connectivity index (χ3v) is 6.46. The van der Waals surface area contributed by atoms with Crippen LogP contribution in [0.25, 0.3) is 11.4 Å². The highest BCUT2D eigenvalue weighted by Gasteiger charge is 2.16. The molecule has 0 bridgehead atoms. The molecule has 0 saturated heterocycles. The lowest BCUT2D eigenvalue weighted by Crippen LogP contribution is -2.24. The van der Waals surface area contributed by atoms with Crippen molar-refractivity contribution in [3.05, 3.63) is 51.2 Å². The number of rotatable bonds is 9. The lowest BCUT2D eigenvalue weighted by molar-refractivity contribution is -0.118. The molecule has 0 fully saturated rings. The van der Waals surface area contributed by atoms with Gasteiger partial charge >= 0.3 is 0 Å². The van der Waals surface area contributed by atoms with Crippen molar-refractivity contribution in [2.45, 2.75) is 44.9 Å². The molecule has 2 heterocycles. The molecule has 1 aromatic carbocycles. The Hall–Kier alpha value is -1.83. The number of nitrogens with zero attached hydrogens (tertiary/aromatic N) is 3. The molecule has 3 rings (SSSR count). The summed E-state index contributed by atoms with van der Waals surface area (Å²) in [7, 11) is 0. The molecule has 1 amide bonds. The summed E-state index contributed by atoms with van der Waals surface area (Å²) < 4.78 is 2.11. The first-order valence-corrected chi connectivity index (χ1v) is 11.5. The van der Waals surface area contributed by atoms with Gasteiger partial charge in [0.15, 0.2) is 11.0 Å². The maximum atomic E-state index is 12.2. The molecule has 148 valence electrons. The van der Waals surface area contributed by atoms with Crippen molar-refractivity contribution in [2.75, 3.05) is 5.75 Å². The molecular formula is C20H23ClN4OS2. The highest BCUT2D eigenvalue weighted by molar-refractivity contribution is 7.99. The Bertz CT molecular complexity index is 921. The highest BCUT2D eigenvalue weighted by atomic mass is 35.5. The van der Waals surface area contributed by atoms with E-state index < -0.39 is 0 Å². The van der Waals surface area contributed by atoms with E-state index in [0.717, 1.165) is 41.5 Å². The standard InChI is InChI=1S/C20H23ClN4OS2/c1-3-9-25-19(15-10-17(4-2)27-12-15)23-24-20(25)28-13-18(26)22-11-14-5-7-16(21)8-6-14/h5-8,10,12H,3-4,9,11,13H2,1-2H3,(H,22,26). The van der Waals surface area contributed by atoms with Gasteiger partial charge in [0.2, 0.25) is 5.91 Å². The van der Waals surface area contributed by atoms with Crippen molar-refractivity contribution in [3.8, 4) is 11.4 Å². The average molecular weight is 435 g/mol. The van der Waals surface area contributed by atoms with Gasteiger partial charge in [-0.15, -0.1) is 21.5 Å². The van der Waals surface area contributed by atoms with E-state index in [9.17, 15) is 4.79 Å². The molecular weight excluding hydrogens is 412 g/mol. The van der Waals surface area contributed by atoms with Gasteiger partial charge in [0.1, 0.15) is 0 Å². The molecule has 0 unspecified atom stereocenters. The van der Waals surface area contributed by atoms with Gasteiger partial charge in [0.25, 0.3) is 0 Å². The number of halogens is 1. The minimum atomic E-state index is -0.0312. The first kappa shape index (κ1) is 20.9. The molecule has 0 radical (unpaired) electrons. The first-order valence-electron chi connectivity index (χ1n) is 9.25. The van der Waals surface area contributed by atoms with Crippen LogP contribution in [0.4, 0.5) is 0 Å². The number of hydrogen-bond acceptors (Lipinski definition) is 5. The quantitative estimate of drug-likeness (QED) is 0.479. The number of amides is 1. The zero-order chi connectivity index (χ0) is 19.9. The van der Waals surface area contributed by atoms with Crippen LogP contribution in [0.5, 0.6) is 0 Å². The maximum absolute atomic E-state index is 12.2. The summed E-state index contributed by atoms with van der Waals surface area (Å²) in [5, 5.41) is 15.2. The van der Waals surface area contributed by atoms with Crippen LogP contribution in [0.1, 0.15) is 30.7 Å². The van der Waals surface area contributed by atoms with Crippen molar-refractivity contribution in [1.82, 2.24) is 20.1 Å². The number of carbonyl (C=O) groups excluding carboxylic acids is 1. The lowest BCUT2D eigenvalue weighted by atomic mass is 10.2. The van der Waals surface area contributed by atoms with Crippen LogP contribution in [0.15, 0.2) is 40.9 Å². The molecule has 0 saturated carbocycles. The maximum Gasteiger partial charge on any atom is 0.230 e. The van der Waals surface area contributed by atoms with Gasteiger partial charge in [0.05, 0.1) is 5.75 Å². The second-order valence-corrected chi connectivity index (χ2v) is 8.68. The van der Waals surface area contributed by atoms with E-state index in [4.69, 9.17) is 11.6 Å². The zero-order valence-corrected chi connectivity index (χ0v) is 18.3. The van der Waals surface area contributed by atoms with Gasteiger partial charge in [-0.1, -0.05) is 49.3 Å². The lowest BCUT2D eigenvalue weighted by Gasteiger charge is -2.08. The number of hydrogen-bond donors (Lipinski definition) is 1. The van der Waals surface area contributed by atoms with Crippen LogP contribution in [0.2, 0.25) is 5.02 Å². The van der Waals surface area contributed by atoms with E-state index in [1.165, 1.54) is 16.6 Å². The molecule has 0 atom stereocenters. The van der Waals surface area contributed by atoms with Crippen LogP contribution in [0, 0.1) is 0 Å². The van der Waals surface area contributed by atoms with Crippen LogP contribution in [-0.2, 0) is 24.3 Å². The van der Waals surface area contributed by atoms with E-state index in [2.05, 4.69) is 45.4 Å². The van der Waals surface area contributed by atoms with E-state index in [1.807, 2.05) is 24.3 Å². The molecule has 3 aromatic rings. The predicted molar refractivity (Wildman–Crippen MR) is 117 cm³/mol. The highest BCUT2D eigenvalue weighted by Crippen LogP contribution is 2.28. The molecule has 0 aliphatic carbocycles. The van der Waals surface area contributed by atoms with Crippen molar-refractivity contribution >= 4 is 40.6 Å². The topological polar surface area (TPSA) is 59.8 Å². The van der Waals surface area contributed by atoms with Crippen molar-refractivity contribution in [1.29, 1.82) is 0 Å². The van der Waals surface area contributed by atoms with Gasteiger partial charge in [-0.2, -0.15) is 0 Å². The number of nitrogens with one attached hydrogen (secondary N) is 1. The van der Waals surface area contributed by atoms with Gasteiger partial charge in [0, 0.05) is 33.9 Å². The number of benzene rings is 1. The van der Waals surface area contributed by atoms with E-state index >= 15 is 0 Å². The molecule has 2 aromatic heterocycles. The number of thiophene rings is 1. The third kappa shape index (κ3) is 5.37. The summed E-state index contributed by atoms with van der Waals surface area (Å²) in [5.41, 5.74) is 2.12. The van der Waals surface area contributed by atoms with Crippen LogP contribution >= 0.6 is 34.7 Å². The van der Waals surface area contributed by atoms with Gasteiger partial charge in [-0.3, -0.25) is 4.79 Å². The summed E-state index contributed by atoms with van der Waals surface area (Å²) in [4.78, 5) is 13.6. The largest absolute Gasteiger partial charge is 0.351 e. The Balaban J connectivity index is 1.61. The van der Waals surface area contributed by atoms with Gasteiger partial charge in [-0.25, -0.2) is 0 Å². The van der Waals surface area contributed by atoms with Crippen molar-refractivity contribution in [2.24, 2.45) is 0 Å². The zero-order valence-electron chi connectivity index (χ0n) is 15.9. The first-order chi connectivity index (χ1) is 13.6. The van der Waals surface area contributed by atoms with Gasteiger partial charge < -0.3 is 9.88 Å². The van der Waals surface area contributed by atoms with Crippen molar-refractivity contribution in [3.63, 3.8) is 0 Å². The predicted octanol–water partition coefficient (Wildman–Crippen LogP) is 5.04. The van der Waals surface area contributed by atoms with E-state index in [0.29, 0.717) is 17.3 Å². The second kappa shape index (κ2) is 10.1. The minimum absolute atomic E-state index is 0.0312. The number of carbonyl (C=O) groups is 1. The Morgan fingerprint density at radius 2 is 2.04 bits per heavy atom. The molecule has 1 N–H and O–H groups in total. The molecule has 0 aliphatic heterocycles. The normalized spacial score (nSPS) is 11.0. The molecule has 0 aliphatic rings. The van der Waals surface area contributed by atoms with E-state index in [-0.39, 0.29) is 5.91 Å². The monoisotopic (exact) mass is 434 g/mol. The Labute approximate surface area is 178 Å². The van der Waals surface area contributed by atoms with Gasteiger partial charge in [-0.05, 0) is 36.6 Å². The smallest absolute Gasteiger partial charge is 0.230 e. The van der Waals surface area contributed by atoms with Crippen LogP contribution in [-0.4, -0.2) is 26.4 Å². The second-order valence-electron chi connectivity index (χ2n) is 6.30. The van der Waals surface area contributed by atoms with E-state index in [1.54, 1.807) is 11.3 Å². The summed E-state index contributed by atoms with van der Waals surface area (Å²) in [6.45, 7) is 5.59. The Morgan fingerprint density at radius 3 is 2.71 bits per heavy atom. The number of aryl methyl sites for hydroxylation is 1. The molecule has 5 nitrogen and oxygen atoms in total. The Morgan fingerprint density at radius 1 is 1.25 bits per heavy atom. The van der Waals surface area contributed by atoms with Crippen LogP contribution < -0.4 is 5.32 Å². The van der Waals surface area contributed by atoms with Crippen LogP contribution in [0.3, 0.4) is 0 Å². The summed E-state index contributed by atoms with van der Waals surface area (Å²) >= 11 is 9.05. The fourth-order valence-electron chi connectivity index (χ4n) is 2.70. The Kier molecular flexibility index (Phi) is 7.53. The average Bonchev–Trinajstić information content (AvgIpc) is 3.33. The van der Waals surface area contributed by atoms with Crippen molar-refractivity contribution < 1.29 is 4.79 Å².